The first-order chi connectivity index (χ1) is 25.3. The fourth-order valence-electron chi connectivity index (χ4n) is 7.92. The summed E-state index contributed by atoms with van der Waals surface area (Å²) in [5.41, 5.74) is 3.74. The lowest BCUT2D eigenvalue weighted by molar-refractivity contribution is -0.147. The lowest BCUT2D eigenvalue weighted by atomic mass is 9.70. The van der Waals surface area contributed by atoms with Crippen molar-refractivity contribution in [2.45, 2.75) is 124 Å². The van der Waals surface area contributed by atoms with E-state index in [1.165, 1.54) is 18.8 Å². The summed E-state index contributed by atoms with van der Waals surface area (Å²) in [7, 11) is 5.81. The van der Waals surface area contributed by atoms with E-state index in [1.54, 1.807) is 14.0 Å². The second-order valence-electron chi connectivity index (χ2n) is 16.8. The summed E-state index contributed by atoms with van der Waals surface area (Å²) in [4.78, 5) is 27.1. The highest BCUT2D eigenvalue weighted by Gasteiger charge is 2.59. The van der Waals surface area contributed by atoms with E-state index in [-0.39, 0.29) is 22.7 Å². The molecule has 0 aromatic rings. The van der Waals surface area contributed by atoms with Gasteiger partial charge in [0.2, 0.25) is 5.91 Å². The number of alkyl halides is 4. The normalized spacial score (nSPS) is 25.8. The fraction of sp³-hybridized carbons (Fsp3) is 0.786. The van der Waals surface area contributed by atoms with Crippen molar-refractivity contribution in [2.75, 3.05) is 53.9 Å². The number of rotatable bonds is 15. The average Bonchev–Trinajstić information content (AvgIpc) is 3.59. The van der Waals surface area contributed by atoms with E-state index in [1.807, 2.05) is 7.05 Å². The number of hydrogen-bond acceptors (Lipinski definition) is 7. The number of allylic oxidation sites excluding steroid dienone is 1. The van der Waals surface area contributed by atoms with Gasteiger partial charge in [-0.3, -0.25) is 9.59 Å². The Bertz CT molecular complexity index is 1220. The summed E-state index contributed by atoms with van der Waals surface area (Å²) in [5, 5.41) is 8.74. The summed E-state index contributed by atoms with van der Waals surface area (Å²) in [6.07, 6.45) is 9.25. The maximum absolute atomic E-state index is 13.2. The predicted molar refractivity (Wildman–Crippen MR) is 219 cm³/mol. The second-order valence-corrected chi connectivity index (χ2v) is 17.3. The van der Waals surface area contributed by atoms with Crippen LogP contribution >= 0.6 is 12.6 Å². The van der Waals surface area contributed by atoms with Gasteiger partial charge in [0.1, 0.15) is 5.67 Å². The summed E-state index contributed by atoms with van der Waals surface area (Å²) in [6, 6.07) is 0. The van der Waals surface area contributed by atoms with Crippen molar-refractivity contribution in [2.24, 2.45) is 34.5 Å². The number of thiol groups is 1. The molecule has 2 saturated heterocycles. The highest BCUT2D eigenvalue weighted by Crippen LogP contribution is 2.55. The molecule has 1 amide bonds. The predicted octanol–water partition coefficient (Wildman–Crippen LogP) is 9.06. The molecule has 3 N–H and O–H groups in total. The van der Waals surface area contributed by atoms with E-state index in [4.69, 9.17) is 0 Å². The lowest BCUT2D eigenvalue weighted by Gasteiger charge is -2.51. The Hall–Kier alpha value is -2.43. The van der Waals surface area contributed by atoms with Crippen molar-refractivity contribution in [1.29, 1.82) is 0 Å². The first-order valence-electron chi connectivity index (χ1n) is 19.9. The topological polar surface area (TPSA) is 76.7 Å². The molecule has 4 fully saturated rings. The maximum Gasteiger partial charge on any atom is 0.389 e. The summed E-state index contributed by atoms with van der Waals surface area (Å²) in [6.45, 7) is 22.1. The van der Waals surface area contributed by atoms with Crippen LogP contribution in [0, 0.1) is 34.5 Å². The minimum absolute atomic E-state index is 0.201. The van der Waals surface area contributed by atoms with Gasteiger partial charge in [0.15, 0.2) is 6.29 Å². The molecule has 1 spiro atoms. The quantitative estimate of drug-likeness (QED) is 0.0332. The molecule has 2 heterocycles. The highest BCUT2D eigenvalue weighted by atomic mass is 32.1. The standard InChI is InChI=1S/C17H27N3O.C12H22F3N.C9H17F.C4H7NOS/c1-6-14(18-4)13-8-19(5)9-17(13)10-20(11-17)15(21)12-7-16(12,2)3;1-3-5-6-7-11(8-9-16-4-2)10-12(13,14)15;1-3-8-4-6-9(2,10)7-5-8;1-5-2-4(7)3-6/h12-13,18H,1,7-11H2,2-5H3;4,11,16H,2-3,5-10H2,1H3;8H,3-7H2,1-2H3;2-3,5,7H,1H3/b;;;4-2-. The van der Waals surface area contributed by atoms with E-state index in [0.717, 1.165) is 89.2 Å². The Morgan fingerprint density at radius 1 is 1.06 bits per heavy atom. The maximum atomic E-state index is 13.2. The third kappa shape index (κ3) is 17.6. The van der Waals surface area contributed by atoms with Crippen molar-refractivity contribution in [3.63, 3.8) is 0 Å². The van der Waals surface area contributed by atoms with Gasteiger partial charge >= 0.3 is 6.18 Å². The van der Waals surface area contributed by atoms with Crippen molar-refractivity contribution in [3.8, 4) is 0 Å². The van der Waals surface area contributed by atoms with Gasteiger partial charge in [-0.15, -0.1) is 18.4 Å². The zero-order chi connectivity index (χ0) is 41.2. The number of likely N-dealkylation sites (tertiary alicyclic amines) is 2. The number of halogens is 4. The van der Waals surface area contributed by atoms with Gasteiger partial charge in [0.05, 0.1) is 10.6 Å². The highest BCUT2D eigenvalue weighted by molar-refractivity contribution is 7.85. The van der Waals surface area contributed by atoms with Crippen LogP contribution < -0.4 is 16.0 Å². The molecule has 2 aliphatic heterocycles. The molecule has 4 aliphatic rings. The van der Waals surface area contributed by atoms with E-state index in [2.05, 4.69) is 92.0 Å². The molecule has 3 atom stereocenters. The summed E-state index contributed by atoms with van der Waals surface area (Å²) in [5.74, 6) is 1.60. The van der Waals surface area contributed by atoms with Crippen LogP contribution in [-0.2, 0) is 9.59 Å². The van der Waals surface area contributed by atoms with Gasteiger partial charge in [-0.25, -0.2) is 4.39 Å². The van der Waals surface area contributed by atoms with Gasteiger partial charge in [-0.05, 0) is 75.9 Å². The first-order valence-corrected chi connectivity index (χ1v) is 20.4. The smallest absolute Gasteiger partial charge is 0.389 e. The molecular formula is C42H73F4N5O2S. The van der Waals surface area contributed by atoms with Gasteiger partial charge in [-0.2, -0.15) is 13.2 Å². The van der Waals surface area contributed by atoms with E-state index in [0.29, 0.717) is 42.4 Å². The minimum Gasteiger partial charge on any atom is -0.393 e. The molecule has 2 aliphatic carbocycles. The van der Waals surface area contributed by atoms with Crippen LogP contribution in [-0.4, -0.2) is 87.7 Å². The van der Waals surface area contributed by atoms with E-state index >= 15 is 0 Å². The Morgan fingerprint density at radius 2 is 1.67 bits per heavy atom. The van der Waals surface area contributed by atoms with E-state index < -0.39 is 18.3 Å². The molecule has 2 saturated carbocycles. The van der Waals surface area contributed by atoms with Crippen LogP contribution in [0.4, 0.5) is 17.6 Å². The van der Waals surface area contributed by atoms with Crippen molar-refractivity contribution >= 4 is 24.8 Å². The Morgan fingerprint density at radius 3 is 2.09 bits per heavy atom. The number of hydrogen-bond donors (Lipinski definition) is 4. The first kappa shape index (κ1) is 49.6. The molecule has 0 radical (unpaired) electrons. The Kier molecular flexibility index (Phi) is 21.7. The average molecular weight is 788 g/mol. The number of nitrogens with one attached hydrogen (secondary N) is 3. The third-order valence-corrected chi connectivity index (χ3v) is 11.7. The number of aldehydes is 1. The Labute approximate surface area is 330 Å². The second kappa shape index (κ2) is 23.6. The number of amides is 1. The van der Waals surface area contributed by atoms with Crippen LogP contribution in [0.1, 0.15) is 112 Å². The lowest BCUT2D eigenvalue weighted by Crippen LogP contribution is -2.63. The van der Waals surface area contributed by atoms with Crippen LogP contribution in [0.5, 0.6) is 0 Å². The molecule has 4 rings (SSSR count). The largest absolute Gasteiger partial charge is 0.393 e. The molecule has 0 aromatic carbocycles. The zero-order valence-electron chi connectivity index (χ0n) is 34.6. The number of nitrogens with zero attached hydrogens (tertiary/aromatic N) is 2. The monoisotopic (exact) mass is 788 g/mol. The number of unbranched alkanes of at least 4 members (excludes halogenated alkanes) is 2. The van der Waals surface area contributed by atoms with Gasteiger partial charge in [-0.1, -0.05) is 73.0 Å². The van der Waals surface area contributed by atoms with Crippen molar-refractivity contribution in [3.05, 3.63) is 41.9 Å². The number of carbonyl (C=O) groups excluding carboxylic acids is 2. The van der Waals surface area contributed by atoms with Gasteiger partial charge in [0.25, 0.3) is 0 Å². The zero-order valence-corrected chi connectivity index (χ0v) is 35.5. The summed E-state index contributed by atoms with van der Waals surface area (Å²) >= 11 is 3.74. The SMILES string of the molecule is C=C=C(NC)C1CN(C)CC12CN(C(=O)C1CC1(C)C)C2.C=CNCCC(CCCCC)CC(F)(F)F.CCC1CCC(C)(F)CC1.CN/C=C(\S)C=O. The molecule has 12 heteroatoms. The fourth-order valence-corrected chi connectivity index (χ4v) is 8.05. The number of carbonyl (C=O) groups is 2. The van der Waals surface area contributed by atoms with Gasteiger partial charge in [0, 0.05) is 76.7 Å². The summed E-state index contributed by atoms with van der Waals surface area (Å²) < 4.78 is 50.0. The Balaban J connectivity index is 0.000000391. The van der Waals surface area contributed by atoms with Crippen LogP contribution in [0.25, 0.3) is 0 Å². The van der Waals surface area contributed by atoms with Crippen molar-refractivity contribution < 1.29 is 27.2 Å². The molecule has 3 unspecified atom stereocenters. The van der Waals surface area contributed by atoms with Crippen LogP contribution in [0.2, 0.25) is 0 Å². The minimum atomic E-state index is -4.04. The molecule has 0 bridgehead atoms. The third-order valence-electron chi connectivity index (χ3n) is 11.5. The van der Waals surface area contributed by atoms with Crippen LogP contribution in [0.15, 0.2) is 41.9 Å². The van der Waals surface area contributed by atoms with Crippen LogP contribution in [0.3, 0.4) is 0 Å². The molecule has 312 valence electrons. The van der Waals surface area contributed by atoms with Crippen molar-refractivity contribution in [1.82, 2.24) is 25.8 Å². The molecular weight excluding hydrogens is 715 g/mol. The van der Waals surface area contributed by atoms with Gasteiger partial charge < -0.3 is 25.8 Å². The molecule has 7 nitrogen and oxygen atoms in total. The molecule has 54 heavy (non-hydrogen) atoms. The van der Waals surface area contributed by atoms with E-state index in [9.17, 15) is 27.2 Å². The molecule has 0 aromatic heterocycles.